The molecule has 29 heavy (non-hydrogen) atoms. The summed E-state index contributed by atoms with van der Waals surface area (Å²) in [6.45, 7) is 11.4. The van der Waals surface area contributed by atoms with Crippen molar-refractivity contribution >= 4 is 12.0 Å². The normalized spacial score (nSPS) is 28.6. The van der Waals surface area contributed by atoms with Crippen LogP contribution in [-0.4, -0.2) is 47.3 Å². The molecule has 7 heteroatoms. The third-order valence-corrected chi connectivity index (χ3v) is 5.48. The first-order chi connectivity index (χ1) is 13.5. The van der Waals surface area contributed by atoms with Crippen LogP contribution in [-0.2, 0) is 9.53 Å². The molecule has 0 aromatic heterocycles. The number of nitrogens with zero attached hydrogens (tertiary/aromatic N) is 2. The largest absolute Gasteiger partial charge is 0.444 e. The van der Waals surface area contributed by atoms with Gasteiger partial charge in [0.05, 0.1) is 12.6 Å². The van der Waals surface area contributed by atoms with Gasteiger partial charge in [0.25, 0.3) is 0 Å². The Bertz CT molecular complexity index is 667. The number of amides is 2. The molecule has 1 aliphatic heterocycles. The van der Waals surface area contributed by atoms with Crippen LogP contribution >= 0.6 is 0 Å². The molecular weight excluding hydrogens is 373 g/mol. The summed E-state index contributed by atoms with van der Waals surface area (Å²) in [4.78, 5) is 26.6. The highest BCUT2D eigenvalue weighted by molar-refractivity contribution is 5.86. The minimum Gasteiger partial charge on any atom is -0.444 e. The van der Waals surface area contributed by atoms with Crippen LogP contribution in [0.1, 0.15) is 66.2 Å². The summed E-state index contributed by atoms with van der Waals surface area (Å²) in [5.41, 5.74) is 0.530. The molecule has 1 saturated carbocycles. The van der Waals surface area contributed by atoms with E-state index in [-0.39, 0.29) is 13.0 Å². The molecule has 0 spiro atoms. The molecule has 6 nitrogen and oxygen atoms in total. The molecular formula is C22H34FN3O3. The summed E-state index contributed by atoms with van der Waals surface area (Å²) in [6, 6.07) is 0.365. The van der Waals surface area contributed by atoms with Crippen molar-refractivity contribution in [3.8, 4) is 6.07 Å². The fourth-order valence-corrected chi connectivity index (χ4v) is 4.40. The number of ether oxygens (including phenoxy) is 1. The van der Waals surface area contributed by atoms with E-state index in [1.54, 1.807) is 20.8 Å². The van der Waals surface area contributed by atoms with E-state index in [1.807, 2.05) is 6.07 Å². The maximum Gasteiger partial charge on any atom is 0.408 e. The summed E-state index contributed by atoms with van der Waals surface area (Å²) in [6.07, 6.45) is 2.31. The topological polar surface area (TPSA) is 82.4 Å². The average Bonchev–Trinajstić information content (AvgIpc) is 2.96. The smallest absolute Gasteiger partial charge is 0.408 e. The van der Waals surface area contributed by atoms with Gasteiger partial charge in [0.2, 0.25) is 5.91 Å². The molecule has 1 aliphatic carbocycles. The number of halogens is 1. The van der Waals surface area contributed by atoms with Crippen LogP contribution < -0.4 is 5.32 Å². The molecule has 0 aromatic carbocycles. The molecule has 162 valence electrons. The van der Waals surface area contributed by atoms with Gasteiger partial charge in [0.1, 0.15) is 23.9 Å². The maximum absolute atomic E-state index is 13.8. The van der Waals surface area contributed by atoms with Gasteiger partial charge in [-0.2, -0.15) is 5.26 Å². The molecule has 2 fully saturated rings. The standard InChI is InChI=1S/C22H34FN3O3/c1-14-8-15(2)10-16(9-14)6-7-19(25-21(28)29-22(3,4)5)20(27)26-13-17(23)11-18(26)12-24/h15-19H,1,6-11,13H2,2-5H3,(H,25,28). The third kappa shape index (κ3) is 7.02. The van der Waals surface area contributed by atoms with Gasteiger partial charge in [0, 0.05) is 6.42 Å². The molecule has 2 rings (SSSR count). The highest BCUT2D eigenvalue weighted by Crippen LogP contribution is 2.34. The van der Waals surface area contributed by atoms with E-state index in [0.717, 1.165) is 25.7 Å². The van der Waals surface area contributed by atoms with Gasteiger partial charge >= 0.3 is 6.09 Å². The Labute approximate surface area is 173 Å². The summed E-state index contributed by atoms with van der Waals surface area (Å²) >= 11 is 0. The van der Waals surface area contributed by atoms with Crippen molar-refractivity contribution in [3.63, 3.8) is 0 Å². The van der Waals surface area contributed by atoms with Crippen LogP contribution in [0.4, 0.5) is 9.18 Å². The van der Waals surface area contributed by atoms with Crippen molar-refractivity contribution in [1.82, 2.24) is 10.2 Å². The highest BCUT2D eigenvalue weighted by atomic mass is 19.1. The molecule has 1 N–H and O–H groups in total. The van der Waals surface area contributed by atoms with E-state index in [1.165, 1.54) is 10.5 Å². The van der Waals surface area contributed by atoms with Crippen molar-refractivity contribution < 1.29 is 18.7 Å². The molecule has 5 atom stereocenters. The Morgan fingerprint density at radius 3 is 2.66 bits per heavy atom. The molecule has 2 amide bonds. The van der Waals surface area contributed by atoms with Gasteiger partial charge in [0.15, 0.2) is 0 Å². The Balaban J connectivity index is 2.08. The maximum atomic E-state index is 13.8. The Morgan fingerprint density at radius 1 is 1.38 bits per heavy atom. The quantitative estimate of drug-likeness (QED) is 0.695. The number of carbonyl (C=O) groups is 2. The highest BCUT2D eigenvalue weighted by Gasteiger charge is 2.39. The summed E-state index contributed by atoms with van der Waals surface area (Å²) in [5.74, 6) is 0.551. The number of allylic oxidation sites excluding steroid dienone is 1. The summed E-state index contributed by atoms with van der Waals surface area (Å²) in [7, 11) is 0. The van der Waals surface area contributed by atoms with Gasteiger partial charge in [-0.3, -0.25) is 4.79 Å². The number of nitriles is 1. The Morgan fingerprint density at radius 2 is 2.07 bits per heavy atom. The monoisotopic (exact) mass is 407 g/mol. The first-order valence-electron chi connectivity index (χ1n) is 10.5. The fourth-order valence-electron chi connectivity index (χ4n) is 4.40. The van der Waals surface area contributed by atoms with E-state index < -0.39 is 35.9 Å². The first kappa shape index (κ1) is 23.2. The Kier molecular flexibility index (Phi) is 7.67. The number of hydrogen-bond donors (Lipinski definition) is 1. The minimum atomic E-state index is -1.21. The molecule has 1 heterocycles. The second-order valence-electron chi connectivity index (χ2n) is 9.61. The molecule has 0 bridgehead atoms. The van der Waals surface area contributed by atoms with Gasteiger partial charge in [-0.1, -0.05) is 19.1 Å². The number of nitrogens with one attached hydrogen (secondary N) is 1. The van der Waals surface area contributed by atoms with Gasteiger partial charge < -0.3 is 15.0 Å². The van der Waals surface area contributed by atoms with E-state index >= 15 is 0 Å². The van der Waals surface area contributed by atoms with Crippen LogP contribution in [0.3, 0.4) is 0 Å². The fraction of sp³-hybridized carbons (Fsp3) is 0.773. The lowest BCUT2D eigenvalue weighted by Crippen LogP contribution is -2.51. The number of likely N-dealkylation sites (tertiary alicyclic amines) is 1. The zero-order valence-electron chi connectivity index (χ0n) is 18.0. The van der Waals surface area contributed by atoms with E-state index in [4.69, 9.17) is 4.74 Å². The first-order valence-corrected chi connectivity index (χ1v) is 10.5. The van der Waals surface area contributed by atoms with Crippen LogP contribution in [0.5, 0.6) is 0 Å². The Hall–Kier alpha value is -2.10. The number of rotatable bonds is 5. The predicted octanol–water partition coefficient (Wildman–Crippen LogP) is 4.11. The van der Waals surface area contributed by atoms with Crippen LogP contribution in [0, 0.1) is 23.2 Å². The van der Waals surface area contributed by atoms with Crippen LogP contribution in [0.15, 0.2) is 12.2 Å². The SMILES string of the molecule is C=C1CC(C)CC(CCC(NC(=O)OC(C)(C)C)C(=O)N2CC(F)CC2C#N)C1. The van der Waals surface area contributed by atoms with Crippen LogP contribution in [0.25, 0.3) is 0 Å². The van der Waals surface area contributed by atoms with Crippen molar-refractivity contribution in [2.45, 2.75) is 90.1 Å². The second-order valence-corrected chi connectivity index (χ2v) is 9.61. The summed E-state index contributed by atoms with van der Waals surface area (Å²) < 4.78 is 19.1. The third-order valence-electron chi connectivity index (χ3n) is 5.48. The van der Waals surface area contributed by atoms with E-state index in [0.29, 0.717) is 18.3 Å². The zero-order valence-corrected chi connectivity index (χ0v) is 18.0. The molecule has 2 aliphatic rings. The van der Waals surface area contributed by atoms with Crippen molar-refractivity contribution in [3.05, 3.63) is 12.2 Å². The van der Waals surface area contributed by atoms with E-state index in [9.17, 15) is 19.2 Å². The number of alkyl halides is 1. The summed E-state index contributed by atoms with van der Waals surface area (Å²) in [5, 5.41) is 11.9. The van der Waals surface area contributed by atoms with E-state index in [2.05, 4.69) is 18.8 Å². The van der Waals surface area contributed by atoms with Crippen molar-refractivity contribution in [2.24, 2.45) is 11.8 Å². The number of alkyl carbamates (subject to hydrolysis) is 1. The average molecular weight is 408 g/mol. The molecule has 1 saturated heterocycles. The van der Waals surface area contributed by atoms with Gasteiger partial charge in [-0.15, -0.1) is 0 Å². The zero-order chi connectivity index (χ0) is 21.8. The number of hydrogen-bond acceptors (Lipinski definition) is 4. The number of carbonyl (C=O) groups excluding carboxylic acids is 2. The lowest BCUT2D eigenvalue weighted by Gasteiger charge is -2.31. The van der Waals surface area contributed by atoms with Gasteiger partial charge in [-0.25, -0.2) is 9.18 Å². The van der Waals surface area contributed by atoms with Gasteiger partial charge in [-0.05, 0) is 64.7 Å². The molecule has 0 radical (unpaired) electrons. The second kappa shape index (κ2) is 9.60. The minimum absolute atomic E-state index is 0.0152. The lowest BCUT2D eigenvalue weighted by molar-refractivity contribution is -0.133. The predicted molar refractivity (Wildman–Crippen MR) is 109 cm³/mol. The van der Waals surface area contributed by atoms with Crippen LogP contribution in [0.2, 0.25) is 0 Å². The van der Waals surface area contributed by atoms with Crippen molar-refractivity contribution in [1.29, 1.82) is 5.26 Å². The molecule has 0 aromatic rings. The lowest BCUT2D eigenvalue weighted by atomic mass is 9.77. The van der Waals surface area contributed by atoms with Crippen molar-refractivity contribution in [2.75, 3.05) is 6.54 Å². The molecule has 5 unspecified atom stereocenters.